The first-order valence-corrected chi connectivity index (χ1v) is 7.60. The zero-order valence-electron chi connectivity index (χ0n) is 11.6. The van der Waals surface area contributed by atoms with Gasteiger partial charge in [-0.3, -0.25) is 0 Å². The molecule has 1 atom stereocenters. The van der Waals surface area contributed by atoms with E-state index < -0.39 is 0 Å². The van der Waals surface area contributed by atoms with Gasteiger partial charge >= 0.3 is 0 Å². The molecule has 106 valence electrons. The topological polar surface area (TPSA) is 12.0 Å². The van der Waals surface area contributed by atoms with Crippen molar-refractivity contribution in [3.05, 3.63) is 82.1 Å². The third-order valence-corrected chi connectivity index (χ3v) is 4.44. The summed E-state index contributed by atoms with van der Waals surface area (Å²) in [5.74, 6) is -0.184. The first-order valence-electron chi connectivity index (χ1n) is 6.81. The van der Waals surface area contributed by atoms with E-state index in [0.717, 1.165) is 21.0 Å². The molecule has 3 rings (SSSR count). The summed E-state index contributed by atoms with van der Waals surface area (Å²) in [5.41, 5.74) is 2.21. The molecule has 0 saturated carbocycles. The van der Waals surface area contributed by atoms with Crippen molar-refractivity contribution in [1.29, 1.82) is 0 Å². The van der Waals surface area contributed by atoms with E-state index in [-0.39, 0.29) is 11.9 Å². The highest BCUT2D eigenvalue weighted by molar-refractivity contribution is 9.10. The molecule has 0 aliphatic carbocycles. The third-order valence-electron chi connectivity index (χ3n) is 3.72. The third kappa shape index (κ3) is 2.59. The maximum absolute atomic E-state index is 14.0. The van der Waals surface area contributed by atoms with Crippen LogP contribution in [0, 0.1) is 5.82 Å². The number of fused-ring (bicyclic) bond motifs is 1. The summed E-state index contributed by atoms with van der Waals surface area (Å²) in [5, 5.41) is 4.93. The summed E-state index contributed by atoms with van der Waals surface area (Å²) < 4.78 is 15.0. The zero-order chi connectivity index (χ0) is 14.8. The summed E-state index contributed by atoms with van der Waals surface area (Å²) in [4.78, 5) is 0. The van der Waals surface area contributed by atoms with Crippen molar-refractivity contribution in [2.45, 2.75) is 6.04 Å². The van der Waals surface area contributed by atoms with Crippen molar-refractivity contribution in [2.24, 2.45) is 0 Å². The normalized spacial score (nSPS) is 12.5. The summed E-state index contributed by atoms with van der Waals surface area (Å²) in [6.45, 7) is 0. The van der Waals surface area contributed by atoms with Gasteiger partial charge in [0, 0.05) is 9.86 Å². The molecule has 0 amide bonds. The van der Waals surface area contributed by atoms with E-state index in [0.29, 0.717) is 5.39 Å². The maximum atomic E-state index is 14.0. The molecule has 0 bridgehead atoms. The van der Waals surface area contributed by atoms with Crippen molar-refractivity contribution >= 4 is 26.7 Å². The van der Waals surface area contributed by atoms with Crippen LogP contribution in [-0.4, -0.2) is 7.05 Å². The van der Waals surface area contributed by atoms with Crippen molar-refractivity contribution in [2.75, 3.05) is 7.05 Å². The van der Waals surface area contributed by atoms with Crippen molar-refractivity contribution < 1.29 is 4.39 Å². The Kier molecular flexibility index (Phi) is 4.04. The fraction of sp³-hybridized carbons (Fsp3) is 0.111. The Morgan fingerprint density at radius 2 is 1.52 bits per heavy atom. The van der Waals surface area contributed by atoms with Gasteiger partial charge in [0.2, 0.25) is 0 Å². The van der Waals surface area contributed by atoms with Gasteiger partial charge in [-0.1, -0.05) is 64.5 Å². The van der Waals surface area contributed by atoms with Gasteiger partial charge in [-0.05, 0) is 35.7 Å². The molecule has 3 aromatic rings. The van der Waals surface area contributed by atoms with Crippen LogP contribution in [0.2, 0.25) is 0 Å². The van der Waals surface area contributed by atoms with Gasteiger partial charge in [0.1, 0.15) is 5.82 Å². The van der Waals surface area contributed by atoms with Crippen molar-refractivity contribution in [1.82, 2.24) is 5.32 Å². The Labute approximate surface area is 131 Å². The Morgan fingerprint density at radius 1 is 0.857 bits per heavy atom. The molecule has 0 heterocycles. The highest BCUT2D eigenvalue weighted by Crippen LogP contribution is 2.33. The van der Waals surface area contributed by atoms with Crippen LogP contribution >= 0.6 is 15.9 Å². The molecule has 0 radical (unpaired) electrons. The lowest BCUT2D eigenvalue weighted by atomic mass is 9.93. The van der Waals surface area contributed by atoms with E-state index in [1.54, 1.807) is 6.07 Å². The quantitative estimate of drug-likeness (QED) is 0.701. The number of hydrogen-bond acceptors (Lipinski definition) is 1. The molecule has 0 aromatic heterocycles. The highest BCUT2D eigenvalue weighted by atomic mass is 79.9. The Balaban J connectivity index is 2.23. The minimum Gasteiger partial charge on any atom is -0.309 e. The molecule has 1 nitrogen and oxygen atoms in total. The Morgan fingerprint density at radius 3 is 2.24 bits per heavy atom. The minimum absolute atomic E-state index is 0.00562. The fourth-order valence-electron chi connectivity index (χ4n) is 2.73. The smallest absolute Gasteiger partial charge is 0.131 e. The second-order valence-electron chi connectivity index (χ2n) is 4.93. The predicted octanol–water partition coefficient (Wildman–Crippen LogP) is 5.05. The van der Waals surface area contributed by atoms with E-state index in [9.17, 15) is 4.39 Å². The summed E-state index contributed by atoms with van der Waals surface area (Å²) in [6.07, 6.45) is 0. The fourth-order valence-corrected chi connectivity index (χ4v) is 3.24. The molecular weight excluding hydrogens is 329 g/mol. The summed E-state index contributed by atoms with van der Waals surface area (Å²) >= 11 is 3.60. The molecule has 0 spiro atoms. The van der Waals surface area contributed by atoms with Crippen LogP contribution in [0.15, 0.2) is 65.1 Å². The molecule has 3 aromatic carbocycles. The number of rotatable bonds is 3. The minimum atomic E-state index is -0.184. The zero-order valence-corrected chi connectivity index (χ0v) is 13.2. The second-order valence-corrected chi connectivity index (χ2v) is 5.78. The summed E-state index contributed by atoms with van der Waals surface area (Å²) in [7, 11) is 1.92. The maximum Gasteiger partial charge on any atom is 0.131 e. The van der Waals surface area contributed by atoms with Crippen LogP contribution in [0.3, 0.4) is 0 Å². The van der Waals surface area contributed by atoms with E-state index in [1.165, 1.54) is 0 Å². The lowest BCUT2D eigenvalue weighted by Gasteiger charge is -2.20. The first-order chi connectivity index (χ1) is 10.2. The Bertz CT molecular complexity index is 785. The molecule has 0 aliphatic heterocycles. The molecule has 1 unspecified atom stereocenters. The SMILES string of the molecule is CNC(c1ccccc1Br)c1ccc(F)c2ccccc12. The molecule has 0 aliphatic rings. The average molecular weight is 344 g/mol. The van der Waals surface area contributed by atoms with E-state index >= 15 is 0 Å². The van der Waals surface area contributed by atoms with E-state index in [2.05, 4.69) is 27.3 Å². The average Bonchev–Trinajstić information content (AvgIpc) is 2.52. The van der Waals surface area contributed by atoms with Gasteiger partial charge in [0.15, 0.2) is 0 Å². The van der Waals surface area contributed by atoms with Crippen LogP contribution in [0.25, 0.3) is 10.8 Å². The highest BCUT2D eigenvalue weighted by Gasteiger charge is 2.17. The molecule has 3 heteroatoms. The van der Waals surface area contributed by atoms with Crippen molar-refractivity contribution in [3.8, 4) is 0 Å². The van der Waals surface area contributed by atoms with Gasteiger partial charge in [-0.25, -0.2) is 4.39 Å². The lowest BCUT2D eigenvalue weighted by Crippen LogP contribution is -2.18. The molecular formula is C18H15BrFN. The molecule has 1 N–H and O–H groups in total. The van der Waals surface area contributed by atoms with Gasteiger partial charge in [0.05, 0.1) is 6.04 Å². The van der Waals surface area contributed by atoms with Crippen molar-refractivity contribution in [3.63, 3.8) is 0 Å². The van der Waals surface area contributed by atoms with Gasteiger partial charge < -0.3 is 5.32 Å². The number of halogens is 2. The van der Waals surface area contributed by atoms with Crippen LogP contribution in [0.5, 0.6) is 0 Å². The largest absolute Gasteiger partial charge is 0.309 e. The monoisotopic (exact) mass is 343 g/mol. The lowest BCUT2D eigenvalue weighted by molar-refractivity contribution is 0.636. The summed E-state index contributed by atoms with van der Waals surface area (Å²) in [6, 6.07) is 19.1. The predicted molar refractivity (Wildman–Crippen MR) is 89.0 cm³/mol. The first kappa shape index (κ1) is 14.2. The molecule has 0 saturated heterocycles. The van der Waals surface area contributed by atoms with Gasteiger partial charge in [0.25, 0.3) is 0 Å². The number of nitrogens with one attached hydrogen (secondary N) is 1. The van der Waals surface area contributed by atoms with E-state index in [1.807, 2.05) is 55.6 Å². The Hall–Kier alpha value is -1.71. The van der Waals surface area contributed by atoms with Crippen LogP contribution in [-0.2, 0) is 0 Å². The number of benzene rings is 3. The van der Waals surface area contributed by atoms with Gasteiger partial charge in [-0.2, -0.15) is 0 Å². The van der Waals surface area contributed by atoms with E-state index in [4.69, 9.17) is 0 Å². The second kappa shape index (κ2) is 5.96. The number of hydrogen-bond donors (Lipinski definition) is 1. The molecule has 0 fully saturated rings. The van der Waals surface area contributed by atoms with Gasteiger partial charge in [-0.15, -0.1) is 0 Å². The van der Waals surface area contributed by atoms with Crippen LogP contribution in [0.4, 0.5) is 4.39 Å². The molecule has 21 heavy (non-hydrogen) atoms. The van der Waals surface area contributed by atoms with Crippen LogP contribution in [0.1, 0.15) is 17.2 Å². The standard InChI is InChI=1S/C18H15BrFN/c1-21-18(15-8-4-5-9-16(15)19)14-10-11-17(20)13-7-3-2-6-12(13)14/h2-11,18,21H,1H3. The van der Waals surface area contributed by atoms with Crippen LogP contribution < -0.4 is 5.32 Å².